The van der Waals surface area contributed by atoms with E-state index in [1.807, 2.05) is 0 Å². The summed E-state index contributed by atoms with van der Waals surface area (Å²) < 4.78 is 10.6. The first-order chi connectivity index (χ1) is 12.1. The zero-order valence-corrected chi connectivity index (χ0v) is 14.2. The Labute approximate surface area is 146 Å². The lowest BCUT2D eigenvalue weighted by atomic mass is 10.3. The van der Waals surface area contributed by atoms with Gasteiger partial charge in [0.1, 0.15) is 18.1 Å². The molecule has 7 nitrogen and oxygen atoms in total. The summed E-state index contributed by atoms with van der Waals surface area (Å²) in [4.78, 5) is 22.9. The Morgan fingerprint density at radius 1 is 0.960 bits per heavy atom. The van der Waals surface area contributed by atoms with Crippen LogP contribution in [0.25, 0.3) is 0 Å². The molecule has 0 aliphatic heterocycles. The van der Waals surface area contributed by atoms with Gasteiger partial charge in [0.05, 0.1) is 13.7 Å². The van der Waals surface area contributed by atoms with Crippen molar-refractivity contribution < 1.29 is 19.1 Å². The van der Waals surface area contributed by atoms with E-state index in [0.717, 1.165) is 5.75 Å². The molecule has 3 amide bonds. The van der Waals surface area contributed by atoms with Crippen LogP contribution in [0.15, 0.2) is 48.5 Å². The van der Waals surface area contributed by atoms with E-state index in [1.54, 1.807) is 55.6 Å². The summed E-state index contributed by atoms with van der Waals surface area (Å²) in [6.45, 7) is 2.12. The highest BCUT2D eigenvalue weighted by Crippen LogP contribution is 2.17. The fourth-order valence-corrected chi connectivity index (χ4v) is 2.06. The van der Waals surface area contributed by atoms with Gasteiger partial charge in [-0.1, -0.05) is 6.07 Å². The maximum Gasteiger partial charge on any atom is 0.319 e. The predicted octanol–water partition coefficient (Wildman–Crippen LogP) is 2.85. The third-order valence-corrected chi connectivity index (χ3v) is 3.16. The minimum atomic E-state index is -0.349. The van der Waals surface area contributed by atoms with Gasteiger partial charge >= 0.3 is 6.03 Å². The molecule has 0 spiro atoms. The molecule has 0 radical (unpaired) electrons. The first kappa shape index (κ1) is 18.1. The van der Waals surface area contributed by atoms with E-state index in [1.165, 1.54) is 6.92 Å². The van der Waals surface area contributed by atoms with E-state index in [4.69, 9.17) is 9.47 Å². The fraction of sp³-hybridized carbons (Fsp3) is 0.222. The summed E-state index contributed by atoms with van der Waals surface area (Å²) in [6, 6.07) is 13.8. The topological polar surface area (TPSA) is 88.7 Å². The highest BCUT2D eigenvalue weighted by Gasteiger charge is 2.03. The van der Waals surface area contributed by atoms with Gasteiger partial charge in [-0.25, -0.2) is 4.79 Å². The smallest absolute Gasteiger partial charge is 0.319 e. The quantitative estimate of drug-likeness (QED) is 0.675. The molecule has 7 heteroatoms. The lowest BCUT2D eigenvalue weighted by Crippen LogP contribution is -2.32. The molecule has 0 saturated carbocycles. The van der Waals surface area contributed by atoms with Crippen molar-refractivity contribution in [1.82, 2.24) is 5.32 Å². The van der Waals surface area contributed by atoms with Crippen LogP contribution in [0.1, 0.15) is 6.92 Å². The molecule has 0 unspecified atom stereocenters. The van der Waals surface area contributed by atoms with Crippen molar-refractivity contribution in [2.45, 2.75) is 6.92 Å². The van der Waals surface area contributed by atoms with Gasteiger partial charge in [-0.3, -0.25) is 4.79 Å². The minimum Gasteiger partial charge on any atom is -0.497 e. The van der Waals surface area contributed by atoms with Crippen molar-refractivity contribution in [3.05, 3.63) is 48.5 Å². The Hall–Kier alpha value is -3.22. The average molecular weight is 343 g/mol. The number of hydrogen-bond acceptors (Lipinski definition) is 4. The van der Waals surface area contributed by atoms with E-state index in [2.05, 4.69) is 16.0 Å². The van der Waals surface area contributed by atoms with Crippen LogP contribution >= 0.6 is 0 Å². The molecule has 3 N–H and O–H groups in total. The second kappa shape index (κ2) is 9.17. The summed E-state index contributed by atoms with van der Waals surface area (Å²) in [5.74, 6) is 1.29. The predicted molar refractivity (Wildman–Crippen MR) is 96.3 cm³/mol. The van der Waals surface area contributed by atoms with Crippen LogP contribution in [0.2, 0.25) is 0 Å². The summed E-state index contributed by atoms with van der Waals surface area (Å²) >= 11 is 0. The van der Waals surface area contributed by atoms with Crippen LogP contribution in [0.4, 0.5) is 16.2 Å². The van der Waals surface area contributed by atoms with Gasteiger partial charge in [0.15, 0.2) is 0 Å². The Bertz CT molecular complexity index is 717. The van der Waals surface area contributed by atoms with Gasteiger partial charge < -0.3 is 25.4 Å². The number of hydrogen-bond donors (Lipinski definition) is 3. The van der Waals surface area contributed by atoms with Crippen molar-refractivity contribution >= 4 is 23.3 Å². The van der Waals surface area contributed by atoms with Crippen LogP contribution in [0, 0.1) is 0 Å². The maximum absolute atomic E-state index is 11.9. The van der Waals surface area contributed by atoms with Gasteiger partial charge in [-0.2, -0.15) is 0 Å². The van der Waals surface area contributed by atoms with E-state index in [0.29, 0.717) is 30.3 Å². The third kappa shape index (κ3) is 6.42. The van der Waals surface area contributed by atoms with Crippen molar-refractivity contribution in [2.75, 3.05) is 30.9 Å². The van der Waals surface area contributed by atoms with Gasteiger partial charge in [0.25, 0.3) is 0 Å². The number of methoxy groups -OCH3 is 1. The van der Waals surface area contributed by atoms with E-state index in [-0.39, 0.29) is 11.9 Å². The lowest BCUT2D eigenvalue weighted by molar-refractivity contribution is -0.114. The normalized spacial score (nSPS) is 9.84. The number of urea groups is 1. The van der Waals surface area contributed by atoms with Crippen LogP contribution in [0.3, 0.4) is 0 Å². The van der Waals surface area contributed by atoms with Crippen LogP contribution in [0.5, 0.6) is 11.5 Å². The number of amides is 3. The van der Waals surface area contributed by atoms with Gasteiger partial charge in [0, 0.05) is 18.3 Å². The molecular weight excluding hydrogens is 322 g/mol. The molecule has 0 aliphatic rings. The summed E-state index contributed by atoms with van der Waals surface area (Å²) in [5, 5.41) is 8.05. The Balaban J connectivity index is 1.72. The number of benzene rings is 2. The highest BCUT2D eigenvalue weighted by atomic mass is 16.5. The maximum atomic E-state index is 11.9. The SMILES string of the molecule is COc1ccc(OCCNC(=O)Nc2cccc(NC(C)=O)c2)cc1. The second-order valence-electron chi connectivity index (χ2n) is 5.17. The molecule has 0 aliphatic carbocycles. The number of ether oxygens (including phenoxy) is 2. The molecule has 0 saturated heterocycles. The molecular formula is C18H21N3O4. The molecule has 2 aromatic carbocycles. The largest absolute Gasteiger partial charge is 0.497 e. The lowest BCUT2D eigenvalue weighted by Gasteiger charge is -2.10. The summed E-state index contributed by atoms with van der Waals surface area (Å²) in [6.07, 6.45) is 0. The Morgan fingerprint density at radius 3 is 2.24 bits per heavy atom. The second-order valence-corrected chi connectivity index (χ2v) is 5.17. The molecule has 132 valence electrons. The van der Waals surface area contributed by atoms with Crippen LogP contribution < -0.4 is 25.4 Å². The monoisotopic (exact) mass is 343 g/mol. The molecule has 0 bridgehead atoms. The van der Waals surface area contributed by atoms with Crippen molar-refractivity contribution in [3.8, 4) is 11.5 Å². The molecule has 0 fully saturated rings. The Morgan fingerprint density at radius 2 is 1.60 bits per heavy atom. The molecule has 25 heavy (non-hydrogen) atoms. The van der Waals surface area contributed by atoms with Crippen molar-refractivity contribution in [1.29, 1.82) is 0 Å². The minimum absolute atomic E-state index is 0.169. The Kier molecular flexibility index (Phi) is 6.65. The van der Waals surface area contributed by atoms with Crippen molar-refractivity contribution in [2.24, 2.45) is 0 Å². The molecule has 0 atom stereocenters. The average Bonchev–Trinajstić information content (AvgIpc) is 2.59. The van der Waals surface area contributed by atoms with E-state index in [9.17, 15) is 9.59 Å². The highest BCUT2D eigenvalue weighted by molar-refractivity contribution is 5.92. The van der Waals surface area contributed by atoms with Gasteiger partial charge in [-0.05, 0) is 42.5 Å². The summed E-state index contributed by atoms with van der Waals surface area (Å²) in [7, 11) is 1.60. The number of carbonyl (C=O) groups excluding carboxylic acids is 2. The molecule has 0 heterocycles. The van der Waals surface area contributed by atoms with Crippen LogP contribution in [-0.4, -0.2) is 32.2 Å². The van der Waals surface area contributed by atoms with Gasteiger partial charge in [-0.15, -0.1) is 0 Å². The number of anilines is 2. The standard InChI is InChI=1S/C18H21N3O4/c1-13(22)20-14-4-3-5-15(12-14)21-18(23)19-10-11-25-17-8-6-16(24-2)7-9-17/h3-9,12H,10-11H2,1-2H3,(H,20,22)(H2,19,21,23). The molecule has 2 aromatic rings. The number of nitrogens with one attached hydrogen (secondary N) is 3. The summed E-state index contributed by atoms with van der Waals surface area (Å²) in [5.41, 5.74) is 1.20. The first-order valence-corrected chi connectivity index (χ1v) is 7.76. The molecule has 2 rings (SSSR count). The van der Waals surface area contributed by atoms with E-state index >= 15 is 0 Å². The number of rotatable bonds is 7. The molecule has 0 aromatic heterocycles. The third-order valence-electron chi connectivity index (χ3n) is 3.16. The zero-order chi connectivity index (χ0) is 18.1. The van der Waals surface area contributed by atoms with Crippen molar-refractivity contribution in [3.63, 3.8) is 0 Å². The first-order valence-electron chi connectivity index (χ1n) is 7.76. The fourth-order valence-electron chi connectivity index (χ4n) is 2.06. The van der Waals surface area contributed by atoms with E-state index < -0.39 is 0 Å². The van der Waals surface area contributed by atoms with Crippen LogP contribution in [-0.2, 0) is 4.79 Å². The van der Waals surface area contributed by atoms with Gasteiger partial charge in [0.2, 0.25) is 5.91 Å². The zero-order valence-electron chi connectivity index (χ0n) is 14.2. The number of carbonyl (C=O) groups is 2.